The summed E-state index contributed by atoms with van der Waals surface area (Å²) >= 11 is 0. The third-order valence-corrected chi connectivity index (χ3v) is 4.22. The molecular weight excluding hydrogens is 248 g/mol. The summed E-state index contributed by atoms with van der Waals surface area (Å²) in [6.07, 6.45) is 5.25. The molecule has 1 aliphatic rings. The molecule has 1 heterocycles. The van der Waals surface area contributed by atoms with E-state index in [0.717, 1.165) is 36.8 Å². The van der Waals surface area contributed by atoms with Crippen molar-refractivity contribution in [2.24, 2.45) is 0 Å². The fraction of sp³-hybridized carbons (Fsp3) is 0.444. The quantitative estimate of drug-likeness (QED) is 0.901. The molecule has 1 N–H and O–H groups in total. The number of hydrogen-bond donors (Lipinski definition) is 1. The molecule has 0 radical (unpaired) electrons. The fourth-order valence-electron chi connectivity index (χ4n) is 3.08. The van der Waals surface area contributed by atoms with Crippen LogP contribution in [0.5, 0.6) is 0 Å². The number of hydrogen-bond acceptors (Lipinski definition) is 2. The first-order chi connectivity index (χ1) is 9.84. The van der Waals surface area contributed by atoms with E-state index >= 15 is 0 Å². The maximum Gasteiger partial charge on any atom is 0.0797 e. The highest BCUT2D eigenvalue weighted by Crippen LogP contribution is 2.28. The lowest BCUT2D eigenvalue weighted by Crippen LogP contribution is -2.19. The van der Waals surface area contributed by atoms with E-state index in [4.69, 9.17) is 4.74 Å². The van der Waals surface area contributed by atoms with Crippen molar-refractivity contribution in [3.63, 3.8) is 0 Å². The predicted molar refractivity (Wildman–Crippen MR) is 81.7 cm³/mol. The predicted octanol–water partition coefficient (Wildman–Crippen LogP) is 4.22. The summed E-state index contributed by atoms with van der Waals surface area (Å²) in [4.78, 5) is 0. The SMILES string of the molecule is OC(CCC1CCCCO1)c1cccc2ccccc12. The molecule has 0 spiro atoms. The molecule has 2 unspecified atom stereocenters. The first-order valence-electron chi connectivity index (χ1n) is 7.62. The highest BCUT2D eigenvalue weighted by molar-refractivity contribution is 5.85. The molecule has 0 amide bonds. The van der Waals surface area contributed by atoms with Gasteiger partial charge in [-0.25, -0.2) is 0 Å². The van der Waals surface area contributed by atoms with Crippen LogP contribution in [0, 0.1) is 0 Å². The Morgan fingerprint density at radius 2 is 1.95 bits per heavy atom. The third kappa shape index (κ3) is 3.02. The van der Waals surface area contributed by atoms with Gasteiger partial charge in [-0.05, 0) is 48.4 Å². The lowest BCUT2D eigenvalue weighted by molar-refractivity contribution is 0.00222. The van der Waals surface area contributed by atoms with Crippen molar-refractivity contribution in [3.05, 3.63) is 48.0 Å². The molecule has 1 aliphatic heterocycles. The molecule has 20 heavy (non-hydrogen) atoms. The topological polar surface area (TPSA) is 29.5 Å². The van der Waals surface area contributed by atoms with Crippen LogP contribution in [-0.4, -0.2) is 17.8 Å². The van der Waals surface area contributed by atoms with Gasteiger partial charge in [-0.3, -0.25) is 0 Å². The van der Waals surface area contributed by atoms with Crippen LogP contribution in [0.15, 0.2) is 42.5 Å². The lowest BCUT2D eigenvalue weighted by atomic mass is 9.95. The van der Waals surface area contributed by atoms with Crippen molar-refractivity contribution in [3.8, 4) is 0 Å². The van der Waals surface area contributed by atoms with Gasteiger partial charge in [-0.1, -0.05) is 42.5 Å². The number of rotatable bonds is 4. The van der Waals surface area contributed by atoms with Crippen LogP contribution >= 0.6 is 0 Å². The van der Waals surface area contributed by atoms with E-state index in [1.807, 2.05) is 24.3 Å². The number of benzene rings is 2. The standard InChI is InChI=1S/C18H22O2/c19-18(12-11-15-8-3-4-13-20-15)17-10-5-7-14-6-1-2-9-16(14)17/h1-2,5-7,9-10,15,18-19H,3-4,8,11-13H2. The Balaban J connectivity index is 1.70. The highest BCUT2D eigenvalue weighted by atomic mass is 16.5. The molecule has 2 nitrogen and oxygen atoms in total. The Labute approximate surface area is 120 Å². The van der Waals surface area contributed by atoms with Gasteiger partial charge >= 0.3 is 0 Å². The largest absolute Gasteiger partial charge is 0.388 e. The van der Waals surface area contributed by atoms with E-state index in [1.165, 1.54) is 18.2 Å². The van der Waals surface area contributed by atoms with Crippen LogP contribution in [0.3, 0.4) is 0 Å². The van der Waals surface area contributed by atoms with E-state index < -0.39 is 6.10 Å². The summed E-state index contributed by atoms with van der Waals surface area (Å²) in [6.45, 7) is 0.884. The van der Waals surface area contributed by atoms with E-state index in [1.54, 1.807) is 0 Å². The van der Waals surface area contributed by atoms with E-state index in [-0.39, 0.29) is 0 Å². The summed E-state index contributed by atoms with van der Waals surface area (Å²) < 4.78 is 5.74. The maximum atomic E-state index is 10.5. The van der Waals surface area contributed by atoms with Gasteiger partial charge < -0.3 is 9.84 Å². The average Bonchev–Trinajstić information content (AvgIpc) is 2.53. The first kappa shape index (κ1) is 13.6. The molecule has 0 aromatic heterocycles. The number of fused-ring (bicyclic) bond motifs is 1. The Hall–Kier alpha value is -1.38. The maximum absolute atomic E-state index is 10.5. The van der Waals surface area contributed by atoms with Crippen LogP contribution in [0.2, 0.25) is 0 Å². The summed E-state index contributed by atoms with van der Waals surface area (Å²) in [5, 5.41) is 12.8. The molecule has 1 fully saturated rings. The van der Waals surface area contributed by atoms with Crippen molar-refractivity contribution in [2.45, 2.75) is 44.3 Å². The summed E-state index contributed by atoms with van der Waals surface area (Å²) in [6, 6.07) is 14.4. The Morgan fingerprint density at radius 3 is 2.80 bits per heavy atom. The zero-order chi connectivity index (χ0) is 13.8. The van der Waals surface area contributed by atoms with Gasteiger partial charge in [0.2, 0.25) is 0 Å². The number of ether oxygens (including phenoxy) is 1. The molecule has 3 rings (SSSR count). The van der Waals surface area contributed by atoms with Gasteiger partial charge in [0, 0.05) is 6.61 Å². The molecule has 106 valence electrons. The molecule has 0 saturated carbocycles. The van der Waals surface area contributed by atoms with E-state index in [0.29, 0.717) is 6.10 Å². The van der Waals surface area contributed by atoms with Crippen LogP contribution in [0.1, 0.15) is 43.8 Å². The van der Waals surface area contributed by atoms with Crippen molar-refractivity contribution < 1.29 is 9.84 Å². The molecule has 1 saturated heterocycles. The molecule has 0 bridgehead atoms. The van der Waals surface area contributed by atoms with Gasteiger partial charge in [0.1, 0.15) is 0 Å². The van der Waals surface area contributed by atoms with Crippen molar-refractivity contribution in [1.29, 1.82) is 0 Å². The summed E-state index contributed by atoms with van der Waals surface area (Å²) in [7, 11) is 0. The fourth-order valence-corrected chi connectivity index (χ4v) is 3.08. The first-order valence-corrected chi connectivity index (χ1v) is 7.62. The molecular formula is C18H22O2. The van der Waals surface area contributed by atoms with E-state index in [9.17, 15) is 5.11 Å². The summed E-state index contributed by atoms with van der Waals surface area (Å²) in [5.41, 5.74) is 1.04. The minimum absolute atomic E-state index is 0.341. The molecule has 0 aliphatic carbocycles. The van der Waals surface area contributed by atoms with Crippen LogP contribution in [0.25, 0.3) is 10.8 Å². The zero-order valence-electron chi connectivity index (χ0n) is 11.8. The van der Waals surface area contributed by atoms with Gasteiger partial charge in [0.15, 0.2) is 0 Å². The molecule has 2 atom stereocenters. The monoisotopic (exact) mass is 270 g/mol. The van der Waals surface area contributed by atoms with Crippen LogP contribution in [0.4, 0.5) is 0 Å². The van der Waals surface area contributed by atoms with Gasteiger partial charge in [-0.15, -0.1) is 0 Å². The minimum atomic E-state index is -0.397. The van der Waals surface area contributed by atoms with Crippen molar-refractivity contribution >= 4 is 10.8 Å². The normalized spacial score (nSPS) is 20.9. The highest BCUT2D eigenvalue weighted by Gasteiger charge is 2.17. The van der Waals surface area contributed by atoms with Crippen molar-refractivity contribution in [1.82, 2.24) is 0 Å². The molecule has 2 aromatic carbocycles. The second-order valence-corrected chi connectivity index (χ2v) is 5.65. The lowest BCUT2D eigenvalue weighted by Gasteiger charge is -2.23. The number of aliphatic hydroxyl groups is 1. The minimum Gasteiger partial charge on any atom is -0.388 e. The Bertz CT molecular complexity index is 553. The van der Waals surface area contributed by atoms with Crippen molar-refractivity contribution in [2.75, 3.05) is 6.61 Å². The molecule has 2 aromatic rings. The van der Waals surface area contributed by atoms with E-state index in [2.05, 4.69) is 18.2 Å². The average molecular weight is 270 g/mol. The molecule has 2 heteroatoms. The number of aliphatic hydroxyl groups excluding tert-OH is 1. The van der Waals surface area contributed by atoms with Crippen LogP contribution in [-0.2, 0) is 4.74 Å². The summed E-state index contributed by atoms with van der Waals surface area (Å²) in [5.74, 6) is 0. The smallest absolute Gasteiger partial charge is 0.0797 e. The Kier molecular flexibility index (Phi) is 4.34. The van der Waals surface area contributed by atoms with Gasteiger partial charge in [0.25, 0.3) is 0 Å². The second-order valence-electron chi connectivity index (χ2n) is 5.65. The van der Waals surface area contributed by atoms with Gasteiger partial charge in [0.05, 0.1) is 12.2 Å². The zero-order valence-corrected chi connectivity index (χ0v) is 11.8. The third-order valence-electron chi connectivity index (χ3n) is 4.22. The van der Waals surface area contributed by atoms with Gasteiger partial charge in [-0.2, -0.15) is 0 Å². The Morgan fingerprint density at radius 1 is 1.10 bits per heavy atom. The second kappa shape index (κ2) is 6.38. The van der Waals surface area contributed by atoms with Crippen LogP contribution < -0.4 is 0 Å².